The van der Waals surface area contributed by atoms with E-state index in [1.165, 1.54) is 22.3 Å². The summed E-state index contributed by atoms with van der Waals surface area (Å²) in [6.07, 6.45) is 0.879. The zero-order chi connectivity index (χ0) is 18.4. The van der Waals surface area contributed by atoms with Crippen molar-refractivity contribution in [3.05, 3.63) is 96.1 Å². The van der Waals surface area contributed by atoms with Crippen LogP contribution < -0.4 is 0 Å². The number of fused-ring (bicyclic) bond motifs is 3. The molecule has 0 spiro atoms. The van der Waals surface area contributed by atoms with Crippen molar-refractivity contribution in [2.24, 2.45) is 0 Å². The summed E-state index contributed by atoms with van der Waals surface area (Å²) >= 11 is 0. The van der Waals surface area contributed by atoms with E-state index >= 15 is 0 Å². The van der Waals surface area contributed by atoms with E-state index in [1.807, 2.05) is 36.4 Å². The number of hydrogen-bond donors (Lipinski definition) is 2. The van der Waals surface area contributed by atoms with Gasteiger partial charge in [-0.25, -0.2) is 0 Å². The Balaban J connectivity index is 1.71. The Morgan fingerprint density at radius 1 is 0.556 bits per heavy atom. The molecule has 0 atom stereocenters. The molecule has 0 fully saturated rings. The first kappa shape index (κ1) is 15.7. The van der Waals surface area contributed by atoms with Gasteiger partial charge in [0.2, 0.25) is 0 Å². The molecule has 1 aliphatic carbocycles. The van der Waals surface area contributed by atoms with Crippen molar-refractivity contribution >= 4 is 0 Å². The number of phenolic OH excluding ortho intramolecular Hbond substituents is 2. The summed E-state index contributed by atoms with van der Waals surface area (Å²) in [5.74, 6) is -0.180. The van der Waals surface area contributed by atoms with Gasteiger partial charge in [-0.15, -0.1) is 0 Å². The Labute approximate surface area is 158 Å². The Morgan fingerprint density at radius 3 is 2.11 bits per heavy atom. The summed E-state index contributed by atoms with van der Waals surface area (Å²) in [7, 11) is 0. The largest absolute Gasteiger partial charge is 0.504 e. The third kappa shape index (κ3) is 2.49. The molecular formula is C25H18O2. The maximum atomic E-state index is 10.4. The molecule has 2 nitrogen and oxygen atoms in total. The van der Waals surface area contributed by atoms with Crippen molar-refractivity contribution < 1.29 is 10.2 Å². The van der Waals surface area contributed by atoms with Gasteiger partial charge in [-0.3, -0.25) is 0 Å². The summed E-state index contributed by atoms with van der Waals surface area (Å²) in [5, 5.41) is 20.8. The quantitative estimate of drug-likeness (QED) is 0.383. The van der Waals surface area contributed by atoms with E-state index in [2.05, 4.69) is 42.5 Å². The minimum absolute atomic E-state index is 0.0826. The molecule has 0 aromatic heterocycles. The molecule has 2 heteroatoms. The average molecular weight is 350 g/mol. The van der Waals surface area contributed by atoms with E-state index in [9.17, 15) is 10.2 Å². The van der Waals surface area contributed by atoms with Crippen LogP contribution in [0, 0.1) is 0 Å². The van der Waals surface area contributed by atoms with Gasteiger partial charge in [0.15, 0.2) is 11.5 Å². The van der Waals surface area contributed by atoms with Crippen LogP contribution in [-0.4, -0.2) is 10.2 Å². The lowest BCUT2D eigenvalue weighted by molar-refractivity contribution is 0.405. The van der Waals surface area contributed by atoms with E-state index in [0.29, 0.717) is 5.56 Å². The van der Waals surface area contributed by atoms with Gasteiger partial charge in [0, 0.05) is 5.56 Å². The molecular weight excluding hydrogens is 332 g/mol. The third-order valence-electron chi connectivity index (χ3n) is 5.34. The van der Waals surface area contributed by atoms with Gasteiger partial charge < -0.3 is 10.2 Å². The lowest BCUT2D eigenvalue weighted by atomic mass is 9.92. The van der Waals surface area contributed by atoms with E-state index < -0.39 is 0 Å². The van der Waals surface area contributed by atoms with Crippen LogP contribution >= 0.6 is 0 Å². The van der Waals surface area contributed by atoms with Gasteiger partial charge in [-0.1, -0.05) is 72.8 Å². The number of phenols is 2. The third-order valence-corrected chi connectivity index (χ3v) is 5.34. The predicted molar refractivity (Wildman–Crippen MR) is 109 cm³/mol. The summed E-state index contributed by atoms with van der Waals surface area (Å²) in [5.41, 5.74) is 8.64. The molecule has 0 amide bonds. The fourth-order valence-electron chi connectivity index (χ4n) is 4.04. The van der Waals surface area contributed by atoms with Crippen molar-refractivity contribution in [1.82, 2.24) is 0 Å². The number of aromatic hydroxyl groups is 2. The Bertz CT molecular complexity index is 1160. The zero-order valence-corrected chi connectivity index (χ0v) is 14.7. The zero-order valence-electron chi connectivity index (χ0n) is 14.7. The van der Waals surface area contributed by atoms with Crippen LogP contribution in [0.25, 0.3) is 33.4 Å². The van der Waals surface area contributed by atoms with Crippen LogP contribution in [0.5, 0.6) is 11.5 Å². The molecule has 1 aliphatic rings. The molecule has 27 heavy (non-hydrogen) atoms. The smallest absolute Gasteiger partial charge is 0.165 e. The fourth-order valence-corrected chi connectivity index (χ4v) is 4.04. The second-order valence-corrected chi connectivity index (χ2v) is 6.92. The van der Waals surface area contributed by atoms with Crippen LogP contribution in [0.3, 0.4) is 0 Å². The van der Waals surface area contributed by atoms with E-state index in [1.54, 1.807) is 6.07 Å². The molecule has 0 saturated heterocycles. The highest BCUT2D eigenvalue weighted by molar-refractivity contribution is 5.87. The Morgan fingerprint density at radius 2 is 1.26 bits per heavy atom. The molecule has 2 N–H and O–H groups in total. The van der Waals surface area contributed by atoms with Crippen LogP contribution in [0.4, 0.5) is 0 Å². The maximum Gasteiger partial charge on any atom is 0.165 e. The van der Waals surface area contributed by atoms with Gasteiger partial charge >= 0.3 is 0 Å². The Hall–Kier alpha value is -3.52. The lowest BCUT2D eigenvalue weighted by Gasteiger charge is -2.13. The van der Waals surface area contributed by atoms with Gasteiger partial charge in [0.05, 0.1) is 0 Å². The molecule has 5 rings (SSSR count). The van der Waals surface area contributed by atoms with Crippen LogP contribution in [-0.2, 0) is 6.42 Å². The second-order valence-electron chi connectivity index (χ2n) is 6.92. The predicted octanol–water partition coefficient (Wildman–Crippen LogP) is 6.00. The molecule has 0 heterocycles. The summed E-state index contributed by atoms with van der Waals surface area (Å²) < 4.78 is 0. The minimum atomic E-state index is -0.0977. The first-order valence-corrected chi connectivity index (χ1v) is 9.04. The molecule has 0 unspecified atom stereocenters. The van der Waals surface area contributed by atoms with Gasteiger partial charge in [0.25, 0.3) is 0 Å². The first-order valence-electron chi connectivity index (χ1n) is 9.04. The number of rotatable bonds is 2. The summed E-state index contributed by atoms with van der Waals surface area (Å²) in [4.78, 5) is 0. The van der Waals surface area contributed by atoms with E-state index in [4.69, 9.17) is 0 Å². The lowest BCUT2D eigenvalue weighted by Crippen LogP contribution is -1.90. The van der Waals surface area contributed by atoms with E-state index in [0.717, 1.165) is 23.1 Å². The maximum absolute atomic E-state index is 10.4. The normalized spacial score (nSPS) is 11.9. The Kier molecular flexibility index (Phi) is 3.51. The van der Waals surface area contributed by atoms with Crippen LogP contribution in [0.2, 0.25) is 0 Å². The highest BCUT2D eigenvalue weighted by Crippen LogP contribution is 2.45. The molecule has 0 bridgehead atoms. The topological polar surface area (TPSA) is 40.5 Å². The van der Waals surface area contributed by atoms with Crippen LogP contribution in [0.15, 0.2) is 84.9 Å². The van der Waals surface area contributed by atoms with Crippen molar-refractivity contribution in [2.75, 3.05) is 0 Å². The van der Waals surface area contributed by atoms with Gasteiger partial charge in [0.1, 0.15) is 0 Å². The van der Waals surface area contributed by atoms with Crippen molar-refractivity contribution in [1.29, 1.82) is 0 Å². The van der Waals surface area contributed by atoms with Gasteiger partial charge in [-0.05, 0) is 57.5 Å². The molecule has 4 aromatic rings. The highest BCUT2D eigenvalue weighted by atomic mass is 16.3. The molecule has 0 radical (unpaired) electrons. The molecule has 4 aromatic carbocycles. The van der Waals surface area contributed by atoms with Crippen LogP contribution in [0.1, 0.15) is 11.1 Å². The summed E-state index contributed by atoms with van der Waals surface area (Å²) in [6, 6.07) is 28.0. The average Bonchev–Trinajstić information content (AvgIpc) is 3.09. The number of hydrogen-bond acceptors (Lipinski definition) is 2. The SMILES string of the molecule is Oc1cc(-c2cccc3c2Cc2ccccc2-3)cc(-c2ccccc2)c1O. The monoisotopic (exact) mass is 350 g/mol. The number of benzene rings is 4. The minimum Gasteiger partial charge on any atom is -0.504 e. The molecule has 0 saturated carbocycles. The molecule has 0 aliphatic heterocycles. The van der Waals surface area contributed by atoms with Crippen molar-refractivity contribution in [3.63, 3.8) is 0 Å². The fraction of sp³-hybridized carbons (Fsp3) is 0.0400. The van der Waals surface area contributed by atoms with Gasteiger partial charge in [-0.2, -0.15) is 0 Å². The van der Waals surface area contributed by atoms with Crippen molar-refractivity contribution in [2.45, 2.75) is 6.42 Å². The second kappa shape index (κ2) is 6.03. The van der Waals surface area contributed by atoms with Crippen molar-refractivity contribution in [3.8, 4) is 44.9 Å². The highest BCUT2D eigenvalue weighted by Gasteiger charge is 2.22. The molecule has 130 valence electrons. The summed E-state index contributed by atoms with van der Waals surface area (Å²) in [6.45, 7) is 0. The standard InChI is InChI=1S/C25H18O2/c26-24-15-18(14-22(25(24)27)16-7-2-1-3-8-16)20-11-6-12-21-19-10-5-4-9-17(19)13-23(20)21/h1-12,14-15,26-27H,13H2. The first-order chi connectivity index (χ1) is 13.2. The van der Waals surface area contributed by atoms with E-state index in [-0.39, 0.29) is 11.5 Å².